The number of carbonyl (C=O) groups excluding carboxylic acids is 2. The molecule has 6 nitrogen and oxygen atoms in total. The maximum Gasteiger partial charge on any atom is 0.287 e. The molecular weight excluding hydrogens is 414 g/mol. The molecule has 0 spiro atoms. The number of carbonyl (C=O) groups is 2. The average molecular weight is 444 g/mol. The van der Waals surface area contributed by atoms with Crippen LogP contribution in [0.4, 0.5) is 5.69 Å². The first kappa shape index (κ1) is 20.5. The number of nitrogens with zero attached hydrogens (tertiary/aromatic N) is 1. The molecule has 1 aliphatic carbocycles. The van der Waals surface area contributed by atoms with Gasteiger partial charge in [-0.2, -0.15) is 0 Å². The van der Waals surface area contributed by atoms with Gasteiger partial charge in [-0.25, -0.2) is 0 Å². The van der Waals surface area contributed by atoms with Crippen LogP contribution in [0.25, 0.3) is 22.1 Å². The third kappa shape index (κ3) is 3.82. The summed E-state index contributed by atoms with van der Waals surface area (Å²) in [5, 5.41) is 7.21. The van der Waals surface area contributed by atoms with E-state index in [0.29, 0.717) is 17.3 Å². The van der Waals surface area contributed by atoms with Gasteiger partial charge in [-0.15, -0.1) is 0 Å². The Balaban J connectivity index is 1.28. The van der Waals surface area contributed by atoms with E-state index in [-0.39, 0.29) is 23.8 Å². The van der Waals surface area contributed by atoms with Crippen LogP contribution in [-0.2, 0) is 4.79 Å². The number of piperidine rings is 3. The molecule has 33 heavy (non-hydrogen) atoms. The van der Waals surface area contributed by atoms with E-state index in [0.717, 1.165) is 73.9 Å². The van der Waals surface area contributed by atoms with E-state index in [1.54, 1.807) is 0 Å². The molecular formula is C27H29N3O3. The predicted molar refractivity (Wildman–Crippen MR) is 128 cm³/mol. The van der Waals surface area contributed by atoms with E-state index in [2.05, 4.69) is 15.5 Å². The van der Waals surface area contributed by atoms with Crippen LogP contribution in [0.1, 0.15) is 42.7 Å². The first-order valence-electron chi connectivity index (χ1n) is 12.1. The minimum atomic E-state index is -0.150. The summed E-state index contributed by atoms with van der Waals surface area (Å²) < 4.78 is 6.14. The third-order valence-corrected chi connectivity index (χ3v) is 7.69. The number of furan rings is 1. The zero-order chi connectivity index (χ0) is 22.4. The Bertz CT molecular complexity index is 1200. The lowest BCUT2D eigenvalue weighted by Crippen LogP contribution is -2.57. The van der Waals surface area contributed by atoms with Gasteiger partial charge in [0.15, 0.2) is 5.76 Å². The number of anilines is 1. The molecule has 3 saturated heterocycles. The Kier molecular flexibility index (Phi) is 5.18. The maximum absolute atomic E-state index is 13.1. The molecule has 2 aromatic carbocycles. The Hall–Kier alpha value is -3.12. The summed E-state index contributed by atoms with van der Waals surface area (Å²) in [7, 11) is 0. The quantitative estimate of drug-likeness (QED) is 0.601. The second kappa shape index (κ2) is 8.34. The van der Waals surface area contributed by atoms with Crippen molar-refractivity contribution < 1.29 is 14.0 Å². The third-order valence-electron chi connectivity index (χ3n) is 7.69. The smallest absolute Gasteiger partial charge is 0.287 e. The zero-order valence-electron chi connectivity index (χ0n) is 18.7. The van der Waals surface area contributed by atoms with Gasteiger partial charge >= 0.3 is 0 Å². The van der Waals surface area contributed by atoms with Crippen LogP contribution in [0.5, 0.6) is 0 Å². The van der Waals surface area contributed by atoms with Crippen LogP contribution >= 0.6 is 0 Å². The molecule has 170 valence electrons. The monoisotopic (exact) mass is 443 g/mol. The van der Waals surface area contributed by atoms with Crippen LogP contribution in [0.2, 0.25) is 0 Å². The van der Waals surface area contributed by atoms with Crippen molar-refractivity contribution in [2.24, 2.45) is 11.8 Å². The van der Waals surface area contributed by atoms with Crippen LogP contribution in [0.3, 0.4) is 0 Å². The first-order valence-corrected chi connectivity index (χ1v) is 12.1. The fourth-order valence-electron chi connectivity index (χ4n) is 5.49. The van der Waals surface area contributed by atoms with Gasteiger partial charge in [-0.1, -0.05) is 42.8 Å². The number of para-hydroxylation sites is 2. The van der Waals surface area contributed by atoms with E-state index in [9.17, 15) is 9.59 Å². The van der Waals surface area contributed by atoms with E-state index in [1.807, 2.05) is 48.5 Å². The summed E-state index contributed by atoms with van der Waals surface area (Å²) in [5.74, 6) is 0.939. The summed E-state index contributed by atoms with van der Waals surface area (Å²) in [5.41, 5.74) is 3.21. The summed E-state index contributed by atoms with van der Waals surface area (Å²) >= 11 is 0. The van der Waals surface area contributed by atoms with Crippen molar-refractivity contribution in [3.63, 3.8) is 0 Å². The highest BCUT2D eigenvalue weighted by molar-refractivity contribution is 6.03. The number of nitrogens with one attached hydrogen (secondary N) is 2. The molecule has 1 saturated carbocycles. The van der Waals surface area contributed by atoms with E-state index in [1.165, 1.54) is 0 Å². The molecule has 6 heteroatoms. The number of hydrogen-bond donors (Lipinski definition) is 2. The van der Waals surface area contributed by atoms with Crippen molar-refractivity contribution in [2.45, 2.75) is 38.1 Å². The van der Waals surface area contributed by atoms with E-state index < -0.39 is 0 Å². The zero-order valence-corrected chi connectivity index (χ0v) is 18.7. The molecule has 4 heterocycles. The van der Waals surface area contributed by atoms with Gasteiger partial charge in [-0.3, -0.25) is 9.59 Å². The molecule has 4 fully saturated rings. The average Bonchev–Trinajstić information content (AvgIpc) is 3.24. The van der Waals surface area contributed by atoms with Crippen molar-refractivity contribution >= 4 is 28.5 Å². The fraction of sp³-hybridized carbons (Fsp3) is 0.407. The standard InChI is InChI=1S/C27H29N3O3/c31-26(18-5-3-6-18)28-22-10-2-1-8-20(22)21-9-4-7-19-15-24(33-25(19)21)27(32)29-23-16-30-13-11-17(23)12-14-30/h1-2,4,7-10,15,17-18,23H,3,5-6,11-14,16H2,(H,28,31)(H,29,32)/t23-/m0/s1. The second-order valence-electron chi connectivity index (χ2n) is 9.72. The summed E-state index contributed by atoms with van der Waals surface area (Å²) in [6.45, 7) is 3.21. The summed E-state index contributed by atoms with van der Waals surface area (Å²) in [4.78, 5) is 28.1. The SMILES string of the molecule is O=C(N[C@H]1CN2CCC1CC2)c1cc2cccc(-c3ccccc3NC(=O)C3CCC3)c2o1. The molecule has 3 aliphatic heterocycles. The molecule has 2 N–H and O–H groups in total. The number of amides is 2. The fourth-order valence-corrected chi connectivity index (χ4v) is 5.49. The van der Waals surface area contributed by atoms with Gasteiger partial charge in [-0.05, 0) is 56.8 Å². The molecule has 0 radical (unpaired) electrons. The lowest BCUT2D eigenvalue weighted by atomic mass is 9.84. The molecule has 2 bridgehead atoms. The van der Waals surface area contributed by atoms with Crippen molar-refractivity contribution in [3.05, 3.63) is 54.3 Å². The Morgan fingerprint density at radius 3 is 2.45 bits per heavy atom. The lowest BCUT2D eigenvalue weighted by molar-refractivity contribution is -0.122. The molecule has 2 amide bonds. The molecule has 7 rings (SSSR count). The Labute approximate surface area is 193 Å². The number of hydrogen-bond acceptors (Lipinski definition) is 4. The van der Waals surface area contributed by atoms with Gasteiger partial charge in [0.25, 0.3) is 5.91 Å². The predicted octanol–water partition coefficient (Wildman–Crippen LogP) is 4.66. The maximum atomic E-state index is 13.1. The highest BCUT2D eigenvalue weighted by Crippen LogP contribution is 2.36. The number of rotatable bonds is 5. The number of fused-ring (bicyclic) bond motifs is 4. The van der Waals surface area contributed by atoms with Crippen molar-refractivity contribution in [3.8, 4) is 11.1 Å². The topological polar surface area (TPSA) is 74.6 Å². The molecule has 4 aliphatic rings. The Morgan fingerprint density at radius 2 is 1.73 bits per heavy atom. The number of benzene rings is 2. The van der Waals surface area contributed by atoms with Gasteiger partial charge in [0.05, 0.1) is 0 Å². The largest absolute Gasteiger partial charge is 0.450 e. The summed E-state index contributed by atoms with van der Waals surface area (Å²) in [6, 6.07) is 15.7. The summed E-state index contributed by atoms with van der Waals surface area (Å²) in [6.07, 6.45) is 5.34. The van der Waals surface area contributed by atoms with Crippen molar-refractivity contribution in [1.82, 2.24) is 10.2 Å². The van der Waals surface area contributed by atoms with Crippen LogP contribution in [0.15, 0.2) is 52.9 Å². The van der Waals surface area contributed by atoms with Gasteiger partial charge in [0.1, 0.15) is 5.58 Å². The minimum absolute atomic E-state index is 0.0814. The molecule has 1 aromatic heterocycles. The van der Waals surface area contributed by atoms with E-state index in [4.69, 9.17) is 4.42 Å². The molecule has 3 aromatic rings. The van der Waals surface area contributed by atoms with Crippen LogP contribution in [-0.4, -0.2) is 42.4 Å². The highest BCUT2D eigenvalue weighted by Gasteiger charge is 2.35. The van der Waals surface area contributed by atoms with E-state index >= 15 is 0 Å². The highest BCUT2D eigenvalue weighted by atomic mass is 16.3. The van der Waals surface area contributed by atoms with Crippen molar-refractivity contribution in [2.75, 3.05) is 25.0 Å². The van der Waals surface area contributed by atoms with Gasteiger partial charge in [0, 0.05) is 40.7 Å². The molecule has 0 unspecified atom stereocenters. The van der Waals surface area contributed by atoms with Gasteiger partial charge in [0.2, 0.25) is 5.91 Å². The minimum Gasteiger partial charge on any atom is -0.450 e. The Morgan fingerprint density at radius 1 is 0.939 bits per heavy atom. The van der Waals surface area contributed by atoms with Crippen LogP contribution in [0, 0.1) is 11.8 Å². The second-order valence-corrected chi connectivity index (χ2v) is 9.72. The van der Waals surface area contributed by atoms with Gasteiger partial charge < -0.3 is 20.0 Å². The normalized spacial score (nSPS) is 24.4. The first-order chi connectivity index (χ1) is 16.2. The molecule has 1 atom stereocenters. The van der Waals surface area contributed by atoms with Crippen LogP contribution < -0.4 is 10.6 Å². The lowest BCUT2D eigenvalue weighted by Gasteiger charge is -2.44. The van der Waals surface area contributed by atoms with Crippen molar-refractivity contribution in [1.29, 1.82) is 0 Å².